The Balaban J connectivity index is 1.76. The second-order valence-electron chi connectivity index (χ2n) is 6.16. The Morgan fingerprint density at radius 1 is 0.889 bits per heavy atom. The van der Waals surface area contributed by atoms with Crippen molar-refractivity contribution in [1.29, 1.82) is 0 Å². The summed E-state index contributed by atoms with van der Waals surface area (Å²) in [6.45, 7) is 3.84. The van der Waals surface area contributed by atoms with Crippen molar-refractivity contribution in [3.8, 4) is 0 Å². The van der Waals surface area contributed by atoms with Crippen LogP contribution >= 0.6 is 11.6 Å². The Labute approximate surface area is 162 Å². The van der Waals surface area contributed by atoms with Crippen LogP contribution < -0.4 is 10.6 Å². The highest BCUT2D eigenvalue weighted by molar-refractivity contribution is 6.31. The van der Waals surface area contributed by atoms with Gasteiger partial charge in [0.1, 0.15) is 5.69 Å². The monoisotopic (exact) mass is 379 g/mol. The zero-order valence-electron chi connectivity index (χ0n) is 14.9. The minimum absolute atomic E-state index is 0.144. The molecule has 0 saturated heterocycles. The maximum absolute atomic E-state index is 12.5. The third-order valence-corrected chi connectivity index (χ3v) is 4.25. The maximum atomic E-state index is 12.5. The molecule has 2 N–H and O–H groups in total. The summed E-state index contributed by atoms with van der Waals surface area (Å²) in [6, 6.07) is 15.7. The van der Waals surface area contributed by atoms with Gasteiger partial charge >= 0.3 is 0 Å². The average Bonchev–Trinajstić information content (AvgIpc) is 2.66. The molecule has 0 spiro atoms. The predicted octanol–water partition coefficient (Wildman–Crippen LogP) is 4.86. The first kappa shape index (κ1) is 18.6. The lowest BCUT2D eigenvalue weighted by atomic mass is 10.1. The first-order chi connectivity index (χ1) is 12.9. The third-order valence-electron chi connectivity index (χ3n) is 4.01. The highest BCUT2D eigenvalue weighted by Gasteiger charge is 2.13. The first-order valence-electron chi connectivity index (χ1n) is 8.34. The van der Waals surface area contributed by atoms with Gasteiger partial charge in [-0.3, -0.25) is 14.6 Å². The number of pyridine rings is 1. The van der Waals surface area contributed by atoms with Gasteiger partial charge in [-0.2, -0.15) is 0 Å². The molecule has 6 heteroatoms. The van der Waals surface area contributed by atoms with Crippen molar-refractivity contribution >= 4 is 34.8 Å². The van der Waals surface area contributed by atoms with Crippen molar-refractivity contribution < 1.29 is 9.59 Å². The fourth-order valence-electron chi connectivity index (χ4n) is 2.45. The van der Waals surface area contributed by atoms with Gasteiger partial charge in [-0.15, -0.1) is 0 Å². The van der Waals surface area contributed by atoms with E-state index < -0.39 is 5.91 Å². The van der Waals surface area contributed by atoms with E-state index in [0.29, 0.717) is 22.0 Å². The minimum atomic E-state index is -0.412. The lowest BCUT2D eigenvalue weighted by Gasteiger charge is -2.10. The van der Waals surface area contributed by atoms with Gasteiger partial charge in [0.15, 0.2) is 0 Å². The van der Waals surface area contributed by atoms with Crippen LogP contribution in [0.5, 0.6) is 0 Å². The molecule has 3 aromatic rings. The summed E-state index contributed by atoms with van der Waals surface area (Å²) in [5.41, 5.74) is 3.75. The predicted molar refractivity (Wildman–Crippen MR) is 108 cm³/mol. The molecular formula is C21H18ClN3O2. The molecule has 5 nitrogen and oxygen atoms in total. The average molecular weight is 380 g/mol. The zero-order valence-corrected chi connectivity index (χ0v) is 15.7. The number of benzene rings is 2. The van der Waals surface area contributed by atoms with Gasteiger partial charge in [0.25, 0.3) is 11.8 Å². The van der Waals surface area contributed by atoms with Crippen molar-refractivity contribution in [2.75, 3.05) is 10.6 Å². The van der Waals surface area contributed by atoms with Crippen LogP contribution in [-0.4, -0.2) is 16.8 Å². The molecular weight excluding hydrogens is 362 g/mol. The summed E-state index contributed by atoms with van der Waals surface area (Å²) in [4.78, 5) is 29.0. The second kappa shape index (κ2) is 8.01. The molecule has 0 aliphatic heterocycles. The summed E-state index contributed by atoms with van der Waals surface area (Å²) < 4.78 is 0. The Hall–Kier alpha value is -3.18. The van der Waals surface area contributed by atoms with E-state index in [-0.39, 0.29) is 11.6 Å². The summed E-state index contributed by atoms with van der Waals surface area (Å²) in [7, 11) is 0. The fourth-order valence-corrected chi connectivity index (χ4v) is 2.62. The number of nitrogens with zero attached hydrogens (tertiary/aromatic N) is 1. The number of nitrogens with one attached hydrogen (secondary N) is 2. The standard InChI is InChI=1S/C21H18ClN3O2/c1-13-3-7-17(8-4-13)24-20(26)15-9-10-23-19(11-15)21(27)25-18-12-16(22)6-5-14(18)2/h3-12H,1-2H3,(H,24,26)(H,25,27). The Bertz CT molecular complexity index is 1000. The van der Waals surface area contributed by atoms with Crippen molar-refractivity contribution in [2.24, 2.45) is 0 Å². The van der Waals surface area contributed by atoms with Gasteiger partial charge in [0.2, 0.25) is 0 Å². The molecule has 27 heavy (non-hydrogen) atoms. The molecule has 1 heterocycles. The number of amides is 2. The van der Waals surface area contributed by atoms with Gasteiger partial charge in [0, 0.05) is 28.2 Å². The van der Waals surface area contributed by atoms with Crippen LogP contribution in [0.25, 0.3) is 0 Å². The van der Waals surface area contributed by atoms with Crippen LogP contribution in [0.2, 0.25) is 5.02 Å². The van der Waals surface area contributed by atoms with Crippen LogP contribution in [0.1, 0.15) is 32.0 Å². The van der Waals surface area contributed by atoms with Crippen LogP contribution in [-0.2, 0) is 0 Å². The highest BCUT2D eigenvalue weighted by atomic mass is 35.5. The SMILES string of the molecule is Cc1ccc(NC(=O)c2ccnc(C(=O)Nc3cc(Cl)ccc3C)c2)cc1. The number of halogens is 1. The molecule has 0 aliphatic carbocycles. The molecule has 0 saturated carbocycles. The Morgan fingerprint density at radius 2 is 1.63 bits per heavy atom. The molecule has 0 unspecified atom stereocenters. The van der Waals surface area contributed by atoms with Crippen LogP contribution in [0.3, 0.4) is 0 Å². The number of aryl methyl sites for hydroxylation is 2. The summed E-state index contributed by atoms with van der Waals surface area (Å²) in [6.07, 6.45) is 1.43. The van der Waals surface area contributed by atoms with E-state index in [1.54, 1.807) is 18.2 Å². The zero-order chi connectivity index (χ0) is 19.4. The van der Waals surface area contributed by atoms with E-state index in [0.717, 1.165) is 11.1 Å². The summed E-state index contributed by atoms with van der Waals surface area (Å²) >= 11 is 5.98. The molecule has 0 atom stereocenters. The van der Waals surface area contributed by atoms with E-state index in [1.807, 2.05) is 44.2 Å². The second-order valence-corrected chi connectivity index (χ2v) is 6.60. The van der Waals surface area contributed by atoms with Crippen LogP contribution in [0.4, 0.5) is 11.4 Å². The van der Waals surface area contributed by atoms with E-state index in [1.165, 1.54) is 12.3 Å². The smallest absolute Gasteiger partial charge is 0.274 e. The number of rotatable bonds is 4. The molecule has 2 amide bonds. The lowest BCUT2D eigenvalue weighted by Crippen LogP contribution is -2.17. The number of anilines is 2. The molecule has 0 bridgehead atoms. The minimum Gasteiger partial charge on any atom is -0.322 e. The molecule has 1 aromatic heterocycles. The quantitative estimate of drug-likeness (QED) is 0.680. The molecule has 0 aliphatic rings. The maximum Gasteiger partial charge on any atom is 0.274 e. The van der Waals surface area contributed by atoms with Gasteiger partial charge in [-0.05, 0) is 55.8 Å². The molecule has 0 fully saturated rings. The van der Waals surface area contributed by atoms with Gasteiger partial charge in [0.05, 0.1) is 0 Å². The van der Waals surface area contributed by atoms with Crippen LogP contribution in [0.15, 0.2) is 60.8 Å². The largest absolute Gasteiger partial charge is 0.322 e. The lowest BCUT2D eigenvalue weighted by molar-refractivity contribution is 0.102. The van der Waals surface area contributed by atoms with E-state index in [4.69, 9.17) is 11.6 Å². The van der Waals surface area contributed by atoms with Gasteiger partial charge < -0.3 is 10.6 Å². The van der Waals surface area contributed by atoms with Crippen molar-refractivity contribution in [2.45, 2.75) is 13.8 Å². The molecule has 2 aromatic carbocycles. The summed E-state index contributed by atoms with van der Waals surface area (Å²) in [5.74, 6) is -0.723. The highest BCUT2D eigenvalue weighted by Crippen LogP contribution is 2.21. The normalized spacial score (nSPS) is 10.3. The van der Waals surface area contributed by atoms with E-state index in [9.17, 15) is 9.59 Å². The molecule has 136 valence electrons. The topological polar surface area (TPSA) is 71.1 Å². The van der Waals surface area contributed by atoms with Crippen LogP contribution in [0, 0.1) is 13.8 Å². The summed E-state index contributed by atoms with van der Waals surface area (Å²) in [5, 5.41) is 6.10. The number of hydrogen-bond acceptors (Lipinski definition) is 3. The van der Waals surface area contributed by atoms with Crippen molar-refractivity contribution in [3.05, 3.63) is 88.2 Å². The number of carbonyl (C=O) groups is 2. The Kier molecular flexibility index (Phi) is 5.52. The molecule has 0 radical (unpaired) electrons. The third kappa shape index (κ3) is 4.71. The fraction of sp³-hybridized carbons (Fsp3) is 0.0952. The van der Waals surface area contributed by atoms with Crippen molar-refractivity contribution in [3.63, 3.8) is 0 Å². The van der Waals surface area contributed by atoms with Crippen molar-refractivity contribution in [1.82, 2.24) is 4.98 Å². The first-order valence-corrected chi connectivity index (χ1v) is 8.72. The Morgan fingerprint density at radius 3 is 2.37 bits per heavy atom. The number of hydrogen-bond donors (Lipinski definition) is 2. The van der Waals surface area contributed by atoms with Gasteiger partial charge in [-0.1, -0.05) is 35.4 Å². The number of carbonyl (C=O) groups excluding carboxylic acids is 2. The van der Waals surface area contributed by atoms with E-state index >= 15 is 0 Å². The van der Waals surface area contributed by atoms with E-state index in [2.05, 4.69) is 15.6 Å². The number of aromatic nitrogens is 1. The van der Waals surface area contributed by atoms with Gasteiger partial charge in [-0.25, -0.2) is 0 Å². The molecule has 3 rings (SSSR count).